The molecule has 0 amide bonds. The zero-order valence-electron chi connectivity index (χ0n) is 10.3. The smallest absolute Gasteiger partial charge is 0.193 e. The summed E-state index contributed by atoms with van der Waals surface area (Å²) in [5, 5.41) is 0. The van der Waals surface area contributed by atoms with Crippen LogP contribution in [-0.4, -0.2) is 12.4 Å². The average Bonchev–Trinajstić information content (AvgIpc) is 2.42. The molecule has 0 fully saturated rings. The predicted molar refractivity (Wildman–Crippen MR) is 75.1 cm³/mol. The van der Waals surface area contributed by atoms with Crippen LogP contribution in [0.3, 0.4) is 0 Å². The van der Waals surface area contributed by atoms with Gasteiger partial charge in [0.1, 0.15) is 11.6 Å². The van der Waals surface area contributed by atoms with Gasteiger partial charge in [-0.15, -0.1) is 0 Å². The van der Waals surface area contributed by atoms with Gasteiger partial charge in [0.15, 0.2) is 5.78 Å². The van der Waals surface area contributed by atoms with Gasteiger partial charge in [0.05, 0.1) is 11.1 Å². The first-order valence-corrected chi connectivity index (χ1v) is 6.63. The fourth-order valence-corrected chi connectivity index (χ4v) is 1.92. The first kappa shape index (κ1) is 13.7. The fourth-order valence-electron chi connectivity index (χ4n) is 1.67. The van der Waals surface area contributed by atoms with Gasteiger partial charge < -0.3 is 4.74 Å². The number of halogens is 2. The van der Waals surface area contributed by atoms with Gasteiger partial charge in [-0.05, 0) is 65.3 Å². The first-order valence-electron chi connectivity index (χ1n) is 5.84. The molecular weight excluding hydrogens is 311 g/mol. The molecule has 98 valence electrons. The SMILES string of the molecule is CCOc1ccc(C(=O)c2ccc(Br)c(F)c2)cc1. The van der Waals surface area contributed by atoms with E-state index in [1.165, 1.54) is 12.1 Å². The van der Waals surface area contributed by atoms with Gasteiger partial charge in [0.25, 0.3) is 0 Å². The van der Waals surface area contributed by atoms with E-state index < -0.39 is 5.82 Å². The summed E-state index contributed by atoms with van der Waals surface area (Å²) in [5.74, 6) is 0.0484. The van der Waals surface area contributed by atoms with Crippen LogP contribution in [0.15, 0.2) is 46.9 Å². The quantitative estimate of drug-likeness (QED) is 0.788. The van der Waals surface area contributed by atoms with Crippen molar-refractivity contribution in [2.45, 2.75) is 6.92 Å². The molecule has 2 aromatic rings. The number of carbonyl (C=O) groups is 1. The molecule has 2 nitrogen and oxygen atoms in total. The van der Waals surface area contributed by atoms with Crippen molar-refractivity contribution < 1.29 is 13.9 Å². The van der Waals surface area contributed by atoms with E-state index in [2.05, 4.69) is 15.9 Å². The summed E-state index contributed by atoms with van der Waals surface area (Å²) in [6, 6.07) is 11.1. The molecule has 0 saturated carbocycles. The Hall–Kier alpha value is -1.68. The van der Waals surface area contributed by atoms with Gasteiger partial charge in [-0.1, -0.05) is 0 Å². The molecular formula is C15H12BrFO2. The second-order valence-electron chi connectivity index (χ2n) is 3.92. The van der Waals surface area contributed by atoms with E-state index in [0.29, 0.717) is 28.0 Å². The molecule has 0 aromatic heterocycles. The molecule has 0 aliphatic rings. The Labute approximate surface area is 119 Å². The summed E-state index contributed by atoms with van der Waals surface area (Å²) >= 11 is 3.06. The van der Waals surface area contributed by atoms with E-state index in [4.69, 9.17) is 4.74 Å². The summed E-state index contributed by atoms with van der Waals surface area (Å²) in [6.45, 7) is 2.47. The Morgan fingerprint density at radius 1 is 1.16 bits per heavy atom. The lowest BCUT2D eigenvalue weighted by Gasteiger charge is -2.05. The highest BCUT2D eigenvalue weighted by molar-refractivity contribution is 9.10. The van der Waals surface area contributed by atoms with Crippen LogP contribution >= 0.6 is 15.9 Å². The van der Waals surface area contributed by atoms with Gasteiger partial charge >= 0.3 is 0 Å². The number of hydrogen-bond donors (Lipinski definition) is 0. The molecule has 0 spiro atoms. The Kier molecular flexibility index (Phi) is 4.32. The van der Waals surface area contributed by atoms with Crippen molar-refractivity contribution >= 4 is 21.7 Å². The molecule has 0 N–H and O–H groups in total. The maximum Gasteiger partial charge on any atom is 0.193 e. The van der Waals surface area contributed by atoms with Crippen molar-refractivity contribution in [3.63, 3.8) is 0 Å². The molecule has 0 aliphatic heterocycles. The molecule has 19 heavy (non-hydrogen) atoms. The number of hydrogen-bond acceptors (Lipinski definition) is 2. The van der Waals surface area contributed by atoms with Gasteiger partial charge in [0, 0.05) is 11.1 Å². The minimum absolute atomic E-state index is 0.213. The third kappa shape index (κ3) is 3.20. The zero-order chi connectivity index (χ0) is 13.8. The number of benzene rings is 2. The Balaban J connectivity index is 2.25. The minimum atomic E-state index is -0.447. The van der Waals surface area contributed by atoms with Crippen LogP contribution < -0.4 is 4.74 Å². The van der Waals surface area contributed by atoms with Crippen LogP contribution in [0.1, 0.15) is 22.8 Å². The van der Waals surface area contributed by atoms with Gasteiger partial charge in [-0.25, -0.2) is 4.39 Å². The van der Waals surface area contributed by atoms with Crippen molar-refractivity contribution in [3.05, 3.63) is 63.9 Å². The average molecular weight is 323 g/mol. The van der Waals surface area contributed by atoms with E-state index in [0.717, 1.165) is 0 Å². The van der Waals surface area contributed by atoms with Crippen LogP contribution in [-0.2, 0) is 0 Å². The van der Waals surface area contributed by atoms with Gasteiger partial charge in [-0.2, -0.15) is 0 Å². The number of ether oxygens (including phenoxy) is 1. The van der Waals surface area contributed by atoms with Crippen LogP contribution in [0.25, 0.3) is 0 Å². The highest BCUT2D eigenvalue weighted by Crippen LogP contribution is 2.20. The molecule has 2 aromatic carbocycles. The number of carbonyl (C=O) groups excluding carboxylic acids is 1. The van der Waals surface area contributed by atoms with Crippen LogP contribution in [0.4, 0.5) is 4.39 Å². The lowest BCUT2D eigenvalue weighted by atomic mass is 10.0. The summed E-state index contributed by atoms with van der Waals surface area (Å²) in [6.07, 6.45) is 0. The fraction of sp³-hybridized carbons (Fsp3) is 0.133. The van der Waals surface area contributed by atoms with Gasteiger partial charge in [-0.3, -0.25) is 4.79 Å². The second-order valence-corrected chi connectivity index (χ2v) is 4.77. The molecule has 0 saturated heterocycles. The van der Waals surface area contributed by atoms with Crippen LogP contribution in [0.2, 0.25) is 0 Å². The molecule has 0 heterocycles. The van der Waals surface area contributed by atoms with Crippen LogP contribution in [0.5, 0.6) is 5.75 Å². The Morgan fingerprint density at radius 3 is 2.37 bits per heavy atom. The van der Waals surface area contributed by atoms with E-state index in [9.17, 15) is 9.18 Å². The van der Waals surface area contributed by atoms with E-state index >= 15 is 0 Å². The third-order valence-electron chi connectivity index (χ3n) is 2.61. The second kappa shape index (κ2) is 5.97. The monoisotopic (exact) mass is 322 g/mol. The molecule has 4 heteroatoms. The third-order valence-corrected chi connectivity index (χ3v) is 3.25. The van der Waals surface area contributed by atoms with Crippen LogP contribution in [0, 0.1) is 5.82 Å². The van der Waals surface area contributed by atoms with Crippen molar-refractivity contribution in [1.29, 1.82) is 0 Å². The standard InChI is InChI=1S/C15H12BrFO2/c1-2-19-12-6-3-10(4-7-12)15(18)11-5-8-13(16)14(17)9-11/h3-9H,2H2,1H3. The molecule has 0 atom stereocenters. The molecule has 0 unspecified atom stereocenters. The summed E-state index contributed by atoms with van der Waals surface area (Å²) in [4.78, 5) is 12.2. The number of rotatable bonds is 4. The largest absolute Gasteiger partial charge is 0.494 e. The summed E-state index contributed by atoms with van der Waals surface area (Å²) in [5.41, 5.74) is 0.829. The van der Waals surface area contributed by atoms with E-state index in [1.807, 2.05) is 6.92 Å². The zero-order valence-corrected chi connectivity index (χ0v) is 11.9. The highest BCUT2D eigenvalue weighted by Gasteiger charge is 2.11. The molecule has 0 aliphatic carbocycles. The predicted octanol–water partition coefficient (Wildman–Crippen LogP) is 4.22. The highest BCUT2D eigenvalue weighted by atomic mass is 79.9. The number of ketones is 1. The Bertz CT molecular complexity index is 594. The lowest BCUT2D eigenvalue weighted by molar-refractivity contribution is 0.103. The van der Waals surface area contributed by atoms with Gasteiger partial charge in [0.2, 0.25) is 0 Å². The van der Waals surface area contributed by atoms with Crippen molar-refractivity contribution in [3.8, 4) is 5.75 Å². The lowest BCUT2D eigenvalue weighted by Crippen LogP contribution is -2.02. The van der Waals surface area contributed by atoms with Crippen molar-refractivity contribution in [2.24, 2.45) is 0 Å². The molecule has 2 rings (SSSR count). The van der Waals surface area contributed by atoms with E-state index in [1.54, 1.807) is 30.3 Å². The summed E-state index contributed by atoms with van der Waals surface area (Å²) < 4.78 is 19.0. The topological polar surface area (TPSA) is 26.3 Å². The maximum absolute atomic E-state index is 13.4. The minimum Gasteiger partial charge on any atom is -0.494 e. The molecule has 0 bridgehead atoms. The Morgan fingerprint density at radius 2 is 1.79 bits per heavy atom. The first-order chi connectivity index (χ1) is 9.11. The van der Waals surface area contributed by atoms with Crippen molar-refractivity contribution in [2.75, 3.05) is 6.61 Å². The van der Waals surface area contributed by atoms with Crippen molar-refractivity contribution in [1.82, 2.24) is 0 Å². The van der Waals surface area contributed by atoms with E-state index in [-0.39, 0.29) is 5.78 Å². The molecule has 0 radical (unpaired) electrons. The normalized spacial score (nSPS) is 10.3. The summed E-state index contributed by atoms with van der Waals surface area (Å²) in [7, 11) is 0. The maximum atomic E-state index is 13.4.